The number of carbonyl (C=O) groups excluding carboxylic acids is 1. The van der Waals surface area contributed by atoms with Crippen LogP contribution in [0.3, 0.4) is 0 Å². The van der Waals surface area contributed by atoms with Crippen LogP contribution in [0.15, 0.2) is 69.0 Å². The van der Waals surface area contributed by atoms with Crippen molar-refractivity contribution in [3.05, 3.63) is 69.4 Å². The Morgan fingerprint density at radius 3 is 2.68 bits per heavy atom. The predicted octanol–water partition coefficient (Wildman–Crippen LogP) is 3.32. The van der Waals surface area contributed by atoms with E-state index in [-0.39, 0.29) is 17.5 Å². The van der Waals surface area contributed by atoms with Crippen LogP contribution < -0.4 is 21.3 Å². The average Bonchev–Trinajstić information content (AvgIpc) is 2.68. The summed E-state index contributed by atoms with van der Waals surface area (Å²) in [5.41, 5.74) is 6.91. The first kappa shape index (κ1) is 20.0. The number of halogens is 1. The van der Waals surface area contributed by atoms with Crippen molar-refractivity contribution in [2.75, 3.05) is 23.9 Å². The number of thioether (sulfide) groups is 1. The molecule has 9 heteroatoms. The zero-order valence-corrected chi connectivity index (χ0v) is 17.3. The van der Waals surface area contributed by atoms with E-state index in [1.165, 1.54) is 6.07 Å². The molecular weight excluding hydrogens is 444 g/mol. The maximum atomic E-state index is 12.3. The third-order valence-electron chi connectivity index (χ3n) is 3.71. The molecule has 0 spiro atoms. The molecule has 2 aromatic carbocycles. The van der Waals surface area contributed by atoms with Gasteiger partial charge in [0.1, 0.15) is 11.6 Å². The van der Waals surface area contributed by atoms with Gasteiger partial charge in [0.15, 0.2) is 5.16 Å². The number of ether oxygens (including phenoxy) is 1. The highest BCUT2D eigenvalue weighted by atomic mass is 79.9. The number of carbonyl (C=O) groups is 1. The molecule has 1 heterocycles. The van der Waals surface area contributed by atoms with Crippen molar-refractivity contribution in [3.8, 4) is 11.4 Å². The van der Waals surface area contributed by atoms with Gasteiger partial charge < -0.3 is 15.8 Å². The Kier molecular flexibility index (Phi) is 6.37. The fourth-order valence-corrected chi connectivity index (χ4v) is 3.58. The van der Waals surface area contributed by atoms with Crippen molar-refractivity contribution in [1.82, 2.24) is 9.55 Å². The van der Waals surface area contributed by atoms with E-state index in [0.717, 1.165) is 16.2 Å². The number of nitrogen functional groups attached to an aromatic ring is 1. The molecule has 3 aromatic rings. The summed E-state index contributed by atoms with van der Waals surface area (Å²) in [4.78, 5) is 28.2. The minimum Gasteiger partial charge on any atom is -0.495 e. The lowest BCUT2D eigenvalue weighted by molar-refractivity contribution is -0.113. The molecule has 3 N–H and O–H groups in total. The molecule has 0 bridgehead atoms. The van der Waals surface area contributed by atoms with E-state index in [1.807, 2.05) is 24.3 Å². The number of hydrogen-bond donors (Lipinski definition) is 2. The van der Waals surface area contributed by atoms with E-state index in [1.54, 1.807) is 35.9 Å². The van der Waals surface area contributed by atoms with Gasteiger partial charge in [-0.3, -0.25) is 14.2 Å². The summed E-state index contributed by atoms with van der Waals surface area (Å²) in [6.07, 6.45) is 0. The first-order valence-corrected chi connectivity index (χ1v) is 9.97. The maximum absolute atomic E-state index is 12.3. The van der Waals surface area contributed by atoms with Crippen LogP contribution in [-0.2, 0) is 4.79 Å². The summed E-state index contributed by atoms with van der Waals surface area (Å²) < 4.78 is 7.90. The normalized spacial score (nSPS) is 10.5. The molecule has 0 radical (unpaired) electrons. The minimum atomic E-state index is -0.473. The summed E-state index contributed by atoms with van der Waals surface area (Å²) in [5.74, 6) is 0.609. The molecule has 0 unspecified atom stereocenters. The number of aromatic nitrogens is 2. The summed E-state index contributed by atoms with van der Waals surface area (Å²) in [5, 5.41) is 3.10. The predicted molar refractivity (Wildman–Crippen MR) is 114 cm³/mol. The first-order chi connectivity index (χ1) is 13.5. The molecule has 0 aliphatic heterocycles. The molecule has 144 valence electrons. The maximum Gasteiger partial charge on any atom is 0.275 e. The molecule has 0 saturated heterocycles. The Labute approximate surface area is 174 Å². The zero-order chi connectivity index (χ0) is 20.1. The fourth-order valence-electron chi connectivity index (χ4n) is 2.49. The molecule has 1 aromatic heterocycles. The lowest BCUT2D eigenvalue weighted by Gasteiger charge is -2.17. The Hall–Kier alpha value is -2.78. The second-order valence-corrected chi connectivity index (χ2v) is 7.51. The summed E-state index contributed by atoms with van der Waals surface area (Å²) in [6.45, 7) is 0. The fraction of sp³-hybridized carbons (Fsp3) is 0.105. The number of hydrogen-bond acceptors (Lipinski definition) is 6. The molecule has 0 aliphatic carbocycles. The van der Waals surface area contributed by atoms with E-state index in [9.17, 15) is 9.59 Å². The van der Waals surface area contributed by atoms with E-state index in [4.69, 9.17) is 10.5 Å². The summed E-state index contributed by atoms with van der Waals surface area (Å²) in [6, 6.07) is 15.7. The number of methoxy groups -OCH3 is 1. The standard InChI is InChI=1S/C19H17BrN4O3S/c1-27-15-5-3-2-4-14(15)24-16(21)10-17(25)23-19(24)28-11-18(26)22-13-8-6-12(20)7-9-13/h2-10H,11,21H2,1H3,(H,22,26). The molecule has 0 aliphatic rings. The third kappa shape index (κ3) is 4.73. The van der Waals surface area contributed by atoms with E-state index in [0.29, 0.717) is 22.3 Å². The third-order valence-corrected chi connectivity index (χ3v) is 5.18. The van der Waals surface area contributed by atoms with Crippen molar-refractivity contribution in [2.45, 2.75) is 5.16 Å². The highest BCUT2D eigenvalue weighted by Gasteiger charge is 2.15. The van der Waals surface area contributed by atoms with Crippen molar-refractivity contribution in [1.29, 1.82) is 0 Å². The number of amides is 1. The number of nitrogens with one attached hydrogen (secondary N) is 1. The van der Waals surface area contributed by atoms with Crippen LogP contribution in [0.25, 0.3) is 5.69 Å². The minimum absolute atomic E-state index is 0.0567. The molecule has 3 rings (SSSR count). The molecule has 0 atom stereocenters. The van der Waals surface area contributed by atoms with Gasteiger partial charge in [0.2, 0.25) is 5.91 Å². The lowest BCUT2D eigenvalue weighted by Crippen LogP contribution is -2.19. The zero-order valence-electron chi connectivity index (χ0n) is 14.9. The van der Waals surface area contributed by atoms with Crippen molar-refractivity contribution in [3.63, 3.8) is 0 Å². The van der Waals surface area contributed by atoms with Crippen molar-refractivity contribution >= 4 is 45.1 Å². The summed E-state index contributed by atoms with van der Waals surface area (Å²) >= 11 is 4.46. The average molecular weight is 461 g/mol. The number of nitrogens with two attached hydrogens (primary N) is 1. The van der Waals surface area contributed by atoms with Crippen LogP contribution >= 0.6 is 27.7 Å². The largest absolute Gasteiger partial charge is 0.495 e. The van der Waals surface area contributed by atoms with Gasteiger partial charge in [-0.15, -0.1) is 0 Å². The number of anilines is 2. The molecule has 0 saturated carbocycles. The number of para-hydroxylation sites is 2. The first-order valence-electron chi connectivity index (χ1n) is 8.19. The Morgan fingerprint density at radius 2 is 1.96 bits per heavy atom. The topological polar surface area (TPSA) is 99.2 Å². The Balaban J connectivity index is 1.84. The quantitative estimate of drug-likeness (QED) is 0.432. The highest BCUT2D eigenvalue weighted by Crippen LogP contribution is 2.29. The van der Waals surface area contributed by atoms with Crippen LogP contribution in [0, 0.1) is 0 Å². The van der Waals surface area contributed by atoms with Gasteiger partial charge in [-0.1, -0.05) is 39.8 Å². The Bertz CT molecular complexity index is 1050. The van der Waals surface area contributed by atoms with Crippen LogP contribution in [0.1, 0.15) is 0 Å². The molecule has 0 fully saturated rings. The molecular formula is C19H17BrN4O3S. The number of benzene rings is 2. The van der Waals surface area contributed by atoms with Crippen molar-refractivity contribution in [2.24, 2.45) is 0 Å². The van der Waals surface area contributed by atoms with Gasteiger partial charge in [-0.2, -0.15) is 4.98 Å². The van der Waals surface area contributed by atoms with E-state index < -0.39 is 5.56 Å². The SMILES string of the molecule is COc1ccccc1-n1c(N)cc(=O)nc1SCC(=O)Nc1ccc(Br)cc1. The molecule has 28 heavy (non-hydrogen) atoms. The smallest absolute Gasteiger partial charge is 0.275 e. The highest BCUT2D eigenvalue weighted by molar-refractivity contribution is 9.10. The van der Waals surface area contributed by atoms with Crippen LogP contribution in [0.4, 0.5) is 11.5 Å². The van der Waals surface area contributed by atoms with Crippen LogP contribution in [-0.4, -0.2) is 28.3 Å². The van der Waals surface area contributed by atoms with E-state index >= 15 is 0 Å². The second-order valence-electron chi connectivity index (χ2n) is 5.65. The molecule has 1 amide bonds. The van der Waals surface area contributed by atoms with Crippen LogP contribution in [0.5, 0.6) is 5.75 Å². The van der Waals surface area contributed by atoms with Gasteiger partial charge in [-0.25, -0.2) is 0 Å². The van der Waals surface area contributed by atoms with Crippen molar-refractivity contribution < 1.29 is 9.53 Å². The Morgan fingerprint density at radius 1 is 1.25 bits per heavy atom. The van der Waals surface area contributed by atoms with Crippen LogP contribution in [0.2, 0.25) is 0 Å². The second kappa shape index (κ2) is 8.94. The molecule has 7 nitrogen and oxygen atoms in total. The van der Waals surface area contributed by atoms with Gasteiger partial charge >= 0.3 is 0 Å². The van der Waals surface area contributed by atoms with Gasteiger partial charge in [0, 0.05) is 16.2 Å². The van der Waals surface area contributed by atoms with Gasteiger partial charge in [0.25, 0.3) is 5.56 Å². The number of rotatable bonds is 6. The number of nitrogens with zero attached hydrogens (tertiary/aromatic N) is 2. The van der Waals surface area contributed by atoms with Gasteiger partial charge in [0.05, 0.1) is 18.6 Å². The van der Waals surface area contributed by atoms with E-state index in [2.05, 4.69) is 26.2 Å². The summed E-state index contributed by atoms with van der Waals surface area (Å²) in [7, 11) is 1.55. The monoisotopic (exact) mass is 460 g/mol. The lowest BCUT2D eigenvalue weighted by atomic mass is 10.3. The van der Waals surface area contributed by atoms with Gasteiger partial charge in [-0.05, 0) is 36.4 Å².